The maximum absolute atomic E-state index is 12.0. The van der Waals surface area contributed by atoms with Crippen LogP contribution in [0.15, 0.2) is 29.4 Å². The first-order chi connectivity index (χ1) is 8.27. The maximum atomic E-state index is 12.0. The molecule has 2 heterocycles. The van der Waals surface area contributed by atoms with Crippen LogP contribution in [0.3, 0.4) is 0 Å². The van der Waals surface area contributed by atoms with Gasteiger partial charge in [-0.05, 0) is 19.1 Å². The minimum Gasteiger partial charge on any atom is -0.337 e. The van der Waals surface area contributed by atoms with E-state index in [9.17, 15) is 4.79 Å². The van der Waals surface area contributed by atoms with Crippen molar-refractivity contribution >= 4 is 17.7 Å². The summed E-state index contributed by atoms with van der Waals surface area (Å²) in [5.74, 6) is 0.731. The molecule has 0 bridgehead atoms. The lowest BCUT2D eigenvalue weighted by Crippen LogP contribution is -2.52. The van der Waals surface area contributed by atoms with E-state index in [1.807, 2.05) is 17.0 Å². The van der Waals surface area contributed by atoms with Crippen molar-refractivity contribution in [3.8, 4) is 0 Å². The van der Waals surface area contributed by atoms with Crippen molar-refractivity contribution in [2.24, 2.45) is 0 Å². The van der Waals surface area contributed by atoms with Crippen LogP contribution < -0.4 is 5.32 Å². The summed E-state index contributed by atoms with van der Waals surface area (Å²) >= 11 is 1.57. The fourth-order valence-corrected chi connectivity index (χ4v) is 2.64. The van der Waals surface area contributed by atoms with E-state index < -0.39 is 0 Å². The predicted octanol–water partition coefficient (Wildman–Crippen LogP) is 0.994. The summed E-state index contributed by atoms with van der Waals surface area (Å²) in [5, 5.41) is 3.28. The fraction of sp³-hybridized carbons (Fsp3) is 0.500. The third-order valence-corrected chi connectivity index (χ3v) is 3.83. The Morgan fingerprint density at radius 2 is 2.35 bits per heavy atom. The largest absolute Gasteiger partial charge is 0.337 e. The lowest BCUT2D eigenvalue weighted by Gasteiger charge is -2.33. The van der Waals surface area contributed by atoms with Gasteiger partial charge in [0.25, 0.3) is 0 Å². The SMILES string of the molecule is CC1CNCCN1C(=O)CSc1ccncc1. The Balaban J connectivity index is 1.84. The summed E-state index contributed by atoms with van der Waals surface area (Å²) in [5.41, 5.74) is 0. The molecule has 1 saturated heterocycles. The molecule has 0 radical (unpaired) electrons. The van der Waals surface area contributed by atoms with Crippen LogP contribution in [-0.2, 0) is 4.79 Å². The van der Waals surface area contributed by atoms with Gasteiger partial charge in [-0.1, -0.05) is 0 Å². The van der Waals surface area contributed by atoms with Crippen LogP contribution in [0.5, 0.6) is 0 Å². The van der Waals surface area contributed by atoms with Gasteiger partial charge in [0.2, 0.25) is 5.91 Å². The quantitative estimate of drug-likeness (QED) is 0.814. The lowest BCUT2D eigenvalue weighted by atomic mass is 10.2. The third kappa shape index (κ3) is 3.44. The molecule has 1 unspecified atom stereocenters. The molecule has 1 fully saturated rings. The van der Waals surface area contributed by atoms with Crippen molar-refractivity contribution in [3.63, 3.8) is 0 Å². The summed E-state index contributed by atoms with van der Waals surface area (Å²) in [7, 11) is 0. The van der Waals surface area contributed by atoms with Gasteiger partial charge in [-0.15, -0.1) is 11.8 Å². The first-order valence-electron chi connectivity index (χ1n) is 5.80. The zero-order valence-electron chi connectivity index (χ0n) is 9.93. The second-order valence-corrected chi connectivity index (χ2v) is 5.16. The molecule has 1 amide bonds. The number of aromatic nitrogens is 1. The molecule has 4 nitrogen and oxygen atoms in total. The second-order valence-electron chi connectivity index (χ2n) is 4.11. The van der Waals surface area contributed by atoms with E-state index in [0.717, 1.165) is 24.5 Å². The molecule has 17 heavy (non-hydrogen) atoms. The Labute approximate surface area is 106 Å². The number of piperazine rings is 1. The van der Waals surface area contributed by atoms with Crippen molar-refractivity contribution in [2.75, 3.05) is 25.4 Å². The number of nitrogens with zero attached hydrogens (tertiary/aromatic N) is 2. The van der Waals surface area contributed by atoms with Gasteiger partial charge in [0, 0.05) is 43.0 Å². The number of thioether (sulfide) groups is 1. The number of hydrogen-bond donors (Lipinski definition) is 1. The number of rotatable bonds is 3. The first kappa shape index (κ1) is 12.4. The smallest absolute Gasteiger partial charge is 0.233 e. The molecule has 1 aromatic rings. The average Bonchev–Trinajstić information content (AvgIpc) is 2.38. The lowest BCUT2D eigenvalue weighted by molar-refractivity contribution is -0.131. The normalized spacial score (nSPS) is 20.3. The summed E-state index contributed by atoms with van der Waals surface area (Å²) in [6.45, 7) is 4.69. The molecule has 0 aliphatic carbocycles. The van der Waals surface area contributed by atoms with Crippen molar-refractivity contribution in [3.05, 3.63) is 24.5 Å². The van der Waals surface area contributed by atoms with Gasteiger partial charge in [-0.2, -0.15) is 0 Å². The van der Waals surface area contributed by atoms with Crippen LogP contribution in [0.2, 0.25) is 0 Å². The number of pyridine rings is 1. The molecule has 1 aromatic heterocycles. The molecule has 1 atom stereocenters. The minimum atomic E-state index is 0.223. The molecular formula is C12H17N3OS. The van der Waals surface area contributed by atoms with E-state index in [1.54, 1.807) is 24.2 Å². The monoisotopic (exact) mass is 251 g/mol. The topological polar surface area (TPSA) is 45.2 Å². The molecule has 0 aromatic carbocycles. The van der Waals surface area contributed by atoms with E-state index in [4.69, 9.17) is 0 Å². The van der Waals surface area contributed by atoms with Gasteiger partial charge in [0.1, 0.15) is 0 Å². The Hall–Kier alpha value is -1.07. The molecule has 1 aliphatic heterocycles. The molecule has 0 spiro atoms. The molecule has 1 N–H and O–H groups in total. The average molecular weight is 251 g/mol. The van der Waals surface area contributed by atoms with Crippen molar-refractivity contribution in [1.82, 2.24) is 15.2 Å². The Morgan fingerprint density at radius 1 is 1.59 bits per heavy atom. The summed E-state index contributed by atoms with van der Waals surface area (Å²) in [6, 6.07) is 4.16. The number of carbonyl (C=O) groups is 1. The van der Waals surface area contributed by atoms with Crippen LogP contribution >= 0.6 is 11.8 Å². The highest BCUT2D eigenvalue weighted by Gasteiger charge is 2.22. The number of hydrogen-bond acceptors (Lipinski definition) is 4. The standard InChI is InChI=1S/C12H17N3OS/c1-10-8-14-6-7-15(10)12(16)9-17-11-2-4-13-5-3-11/h2-5,10,14H,6-9H2,1H3. The van der Waals surface area contributed by atoms with Gasteiger partial charge >= 0.3 is 0 Å². The van der Waals surface area contributed by atoms with Gasteiger partial charge in [0.05, 0.1) is 5.75 Å². The van der Waals surface area contributed by atoms with E-state index in [2.05, 4.69) is 17.2 Å². The Kier molecular flexibility index (Phi) is 4.39. The number of amides is 1. The van der Waals surface area contributed by atoms with E-state index >= 15 is 0 Å². The second kappa shape index (κ2) is 6.02. The van der Waals surface area contributed by atoms with E-state index in [1.165, 1.54) is 0 Å². The predicted molar refractivity (Wildman–Crippen MR) is 69.0 cm³/mol. The van der Waals surface area contributed by atoms with Gasteiger partial charge in [-0.3, -0.25) is 9.78 Å². The van der Waals surface area contributed by atoms with E-state index in [-0.39, 0.29) is 5.91 Å². The van der Waals surface area contributed by atoms with Gasteiger partial charge in [-0.25, -0.2) is 0 Å². The number of carbonyl (C=O) groups excluding carboxylic acids is 1. The molecular weight excluding hydrogens is 234 g/mol. The van der Waals surface area contributed by atoms with Crippen LogP contribution in [0.25, 0.3) is 0 Å². The maximum Gasteiger partial charge on any atom is 0.233 e. The summed E-state index contributed by atoms with van der Waals surface area (Å²) in [4.78, 5) is 19.1. The van der Waals surface area contributed by atoms with Crippen LogP contribution in [0, 0.1) is 0 Å². The Morgan fingerprint density at radius 3 is 3.06 bits per heavy atom. The molecule has 5 heteroatoms. The van der Waals surface area contributed by atoms with Crippen molar-refractivity contribution in [1.29, 1.82) is 0 Å². The molecule has 1 aliphatic rings. The summed E-state index contributed by atoms with van der Waals surface area (Å²) < 4.78 is 0. The van der Waals surface area contributed by atoms with E-state index in [0.29, 0.717) is 11.8 Å². The van der Waals surface area contributed by atoms with Crippen LogP contribution in [0.1, 0.15) is 6.92 Å². The zero-order valence-corrected chi connectivity index (χ0v) is 10.7. The summed E-state index contributed by atoms with van der Waals surface area (Å²) in [6.07, 6.45) is 3.50. The molecule has 2 rings (SSSR count). The number of nitrogens with one attached hydrogen (secondary N) is 1. The third-order valence-electron chi connectivity index (χ3n) is 2.83. The highest BCUT2D eigenvalue weighted by Crippen LogP contribution is 2.17. The van der Waals surface area contributed by atoms with Crippen LogP contribution in [0.4, 0.5) is 0 Å². The Bertz CT molecular complexity index is 371. The highest BCUT2D eigenvalue weighted by molar-refractivity contribution is 8.00. The first-order valence-corrected chi connectivity index (χ1v) is 6.79. The van der Waals surface area contributed by atoms with Crippen LogP contribution in [-0.4, -0.2) is 47.2 Å². The highest BCUT2D eigenvalue weighted by atomic mass is 32.2. The fourth-order valence-electron chi connectivity index (χ4n) is 1.87. The minimum absolute atomic E-state index is 0.223. The van der Waals surface area contributed by atoms with Crippen molar-refractivity contribution in [2.45, 2.75) is 17.9 Å². The van der Waals surface area contributed by atoms with Crippen molar-refractivity contribution < 1.29 is 4.79 Å². The van der Waals surface area contributed by atoms with Gasteiger partial charge < -0.3 is 10.2 Å². The van der Waals surface area contributed by atoms with Gasteiger partial charge in [0.15, 0.2) is 0 Å². The zero-order chi connectivity index (χ0) is 12.1. The molecule has 0 saturated carbocycles. The molecule has 92 valence electrons.